The number of hydrogen-bond donors (Lipinski definition) is 3. The molecule has 100 valence electrons. The fourth-order valence-electron chi connectivity index (χ4n) is 1.90. The number of rotatable bonds is 4. The molecule has 3 nitrogen and oxygen atoms in total. The van der Waals surface area contributed by atoms with Gasteiger partial charge in [-0.05, 0) is 24.6 Å². The van der Waals surface area contributed by atoms with Gasteiger partial charge in [0.25, 0.3) is 0 Å². The molecule has 0 saturated heterocycles. The lowest BCUT2D eigenvalue weighted by Gasteiger charge is -2.16. The lowest BCUT2D eigenvalue weighted by molar-refractivity contribution is 0.441. The van der Waals surface area contributed by atoms with Crippen LogP contribution in [0.4, 0.5) is 0 Å². The quantitative estimate of drug-likeness (QED) is 0.800. The van der Waals surface area contributed by atoms with Crippen LogP contribution in [-0.2, 0) is 6.54 Å². The van der Waals surface area contributed by atoms with Crippen molar-refractivity contribution in [2.75, 3.05) is 0 Å². The molecular formula is C15H16ClNO2. The summed E-state index contributed by atoms with van der Waals surface area (Å²) in [6.45, 7) is 2.51. The fourth-order valence-corrected chi connectivity index (χ4v) is 2.20. The number of halogens is 1. The number of aromatic hydroxyl groups is 2. The maximum atomic E-state index is 9.70. The van der Waals surface area contributed by atoms with E-state index in [1.54, 1.807) is 12.1 Å². The topological polar surface area (TPSA) is 52.5 Å². The molecular weight excluding hydrogens is 262 g/mol. The van der Waals surface area contributed by atoms with Gasteiger partial charge in [0.05, 0.1) is 0 Å². The summed E-state index contributed by atoms with van der Waals surface area (Å²) < 4.78 is 0. The Labute approximate surface area is 117 Å². The van der Waals surface area contributed by atoms with Gasteiger partial charge >= 0.3 is 0 Å². The minimum atomic E-state index is 0.0559. The molecule has 0 aliphatic heterocycles. The first kappa shape index (κ1) is 13.7. The van der Waals surface area contributed by atoms with E-state index in [1.807, 2.05) is 31.2 Å². The van der Waals surface area contributed by atoms with E-state index in [4.69, 9.17) is 11.6 Å². The third-order valence-electron chi connectivity index (χ3n) is 3.04. The number of phenols is 2. The highest BCUT2D eigenvalue weighted by atomic mass is 35.5. The van der Waals surface area contributed by atoms with Gasteiger partial charge in [-0.3, -0.25) is 0 Å². The molecule has 2 rings (SSSR count). The minimum Gasteiger partial charge on any atom is -0.508 e. The molecule has 0 aromatic heterocycles. The van der Waals surface area contributed by atoms with Crippen molar-refractivity contribution in [1.29, 1.82) is 0 Å². The van der Waals surface area contributed by atoms with E-state index in [-0.39, 0.29) is 17.5 Å². The van der Waals surface area contributed by atoms with Crippen molar-refractivity contribution in [3.05, 3.63) is 58.6 Å². The molecule has 0 bridgehead atoms. The van der Waals surface area contributed by atoms with E-state index in [2.05, 4.69) is 5.32 Å². The zero-order valence-electron chi connectivity index (χ0n) is 10.6. The Hall–Kier alpha value is -1.71. The molecule has 3 N–H and O–H groups in total. The third-order valence-corrected chi connectivity index (χ3v) is 3.38. The SMILES string of the molecule is CC(NCc1ccc(O)cc1O)c1ccccc1Cl. The van der Waals surface area contributed by atoms with E-state index < -0.39 is 0 Å². The zero-order valence-corrected chi connectivity index (χ0v) is 11.4. The first-order chi connectivity index (χ1) is 9.08. The van der Waals surface area contributed by atoms with Crippen LogP contribution in [0.15, 0.2) is 42.5 Å². The molecule has 0 saturated carbocycles. The van der Waals surface area contributed by atoms with E-state index in [9.17, 15) is 10.2 Å². The van der Waals surface area contributed by atoms with Crippen molar-refractivity contribution < 1.29 is 10.2 Å². The van der Waals surface area contributed by atoms with Gasteiger partial charge in [0.15, 0.2) is 0 Å². The molecule has 0 aliphatic carbocycles. The van der Waals surface area contributed by atoms with Gasteiger partial charge in [-0.15, -0.1) is 0 Å². The van der Waals surface area contributed by atoms with E-state index in [1.165, 1.54) is 6.07 Å². The third kappa shape index (κ3) is 3.40. The Kier molecular flexibility index (Phi) is 4.30. The highest BCUT2D eigenvalue weighted by Crippen LogP contribution is 2.25. The Morgan fingerprint density at radius 2 is 1.89 bits per heavy atom. The molecule has 4 heteroatoms. The highest BCUT2D eigenvalue weighted by Gasteiger charge is 2.09. The maximum absolute atomic E-state index is 9.70. The first-order valence-corrected chi connectivity index (χ1v) is 6.44. The van der Waals surface area contributed by atoms with Crippen molar-refractivity contribution >= 4 is 11.6 Å². The van der Waals surface area contributed by atoms with Crippen LogP contribution >= 0.6 is 11.6 Å². The second kappa shape index (κ2) is 5.95. The molecule has 19 heavy (non-hydrogen) atoms. The molecule has 1 atom stereocenters. The summed E-state index contributed by atoms with van der Waals surface area (Å²) in [6, 6.07) is 12.3. The van der Waals surface area contributed by atoms with Gasteiger partial charge in [0.1, 0.15) is 11.5 Å². The predicted octanol–water partition coefficient (Wildman–Crippen LogP) is 3.60. The minimum absolute atomic E-state index is 0.0559. The van der Waals surface area contributed by atoms with Gasteiger partial charge in [-0.25, -0.2) is 0 Å². The Balaban J connectivity index is 2.04. The fraction of sp³-hybridized carbons (Fsp3) is 0.200. The van der Waals surface area contributed by atoms with Crippen LogP contribution in [0.25, 0.3) is 0 Å². The summed E-state index contributed by atoms with van der Waals surface area (Å²) in [6.07, 6.45) is 0. The van der Waals surface area contributed by atoms with Gasteiger partial charge in [-0.1, -0.05) is 35.9 Å². The number of nitrogens with one attached hydrogen (secondary N) is 1. The van der Waals surface area contributed by atoms with Crippen LogP contribution in [0.2, 0.25) is 5.02 Å². The van der Waals surface area contributed by atoms with Crippen molar-refractivity contribution in [3.63, 3.8) is 0 Å². The average Bonchev–Trinajstić information content (AvgIpc) is 2.38. The average molecular weight is 278 g/mol. The van der Waals surface area contributed by atoms with Crippen LogP contribution in [0.1, 0.15) is 24.1 Å². The Morgan fingerprint density at radius 1 is 1.16 bits per heavy atom. The highest BCUT2D eigenvalue weighted by molar-refractivity contribution is 6.31. The second-order valence-corrected chi connectivity index (χ2v) is 4.84. The second-order valence-electron chi connectivity index (χ2n) is 4.44. The molecule has 0 aliphatic rings. The maximum Gasteiger partial charge on any atom is 0.123 e. The van der Waals surface area contributed by atoms with Crippen LogP contribution in [0.3, 0.4) is 0 Å². The smallest absolute Gasteiger partial charge is 0.123 e. The summed E-state index contributed by atoms with van der Waals surface area (Å²) in [5.74, 6) is 0.138. The van der Waals surface area contributed by atoms with E-state index in [0.29, 0.717) is 6.54 Å². The number of benzene rings is 2. The molecule has 1 unspecified atom stereocenters. The Bertz CT molecular complexity index is 572. The van der Waals surface area contributed by atoms with Crippen molar-refractivity contribution in [3.8, 4) is 11.5 Å². The number of phenolic OH excluding ortho intramolecular Hbond substituents is 2. The molecule has 0 fully saturated rings. The molecule has 0 spiro atoms. The summed E-state index contributed by atoms with van der Waals surface area (Å²) >= 11 is 6.13. The summed E-state index contributed by atoms with van der Waals surface area (Å²) in [4.78, 5) is 0. The molecule has 2 aromatic carbocycles. The lowest BCUT2D eigenvalue weighted by atomic mass is 10.1. The van der Waals surface area contributed by atoms with Crippen molar-refractivity contribution in [1.82, 2.24) is 5.32 Å². The first-order valence-electron chi connectivity index (χ1n) is 6.06. The molecule has 0 heterocycles. The summed E-state index contributed by atoms with van der Waals surface area (Å²) in [5, 5.41) is 22.9. The summed E-state index contributed by atoms with van der Waals surface area (Å²) in [5.41, 5.74) is 1.75. The van der Waals surface area contributed by atoms with Gasteiger partial charge in [0.2, 0.25) is 0 Å². The van der Waals surface area contributed by atoms with Gasteiger partial charge in [-0.2, -0.15) is 0 Å². The van der Waals surface area contributed by atoms with Gasteiger partial charge in [0, 0.05) is 29.2 Å². The molecule has 2 aromatic rings. The van der Waals surface area contributed by atoms with E-state index >= 15 is 0 Å². The monoisotopic (exact) mass is 277 g/mol. The largest absolute Gasteiger partial charge is 0.508 e. The lowest BCUT2D eigenvalue weighted by Crippen LogP contribution is -2.18. The van der Waals surface area contributed by atoms with Crippen molar-refractivity contribution in [2.45, 2.75) is 19.5 Å². The number of hydrogen-bond acceptors (Lipinski definition) is 3. The predicted molar refractivity (Wildman–Crippen MR) is 76.5 cm³/mol. The van der Waals surface area contributed by atoms with Crippen LogP contribution in [0.5, 0.6) is 11.5 Å². The molecule has 0 radical (unpaired) electrons. The standard InChI is InChI=1S/C15H16ClNO2/c1-10(13-4-2-3-5-14(13)16)17-9-11-6-7-12(18)8-15(11)19/h2-8,10,17-19H,9H2,1H3. The normalized spacial score (nSPS) is 12.3. The molecule has 0 amide bonds. The zero-order chi connectivity index (χ0) is 13.8. The van der Waals surface area contributed by atoms with Crippen LogP contribution in [-0.4, -0.2) is 10.2 Å². The van der Waals surface area contributed by atoms with Crippen LogP contribution < -0.4 is 5.32 Å². The Morgan fingerprint density at radius 3 is 2.58 bits per heavy atom. The summed E-state index contributed by atoms with van der Waals surface area (Å²) in [7, 11) is 0. The van der Waals surface area contributed by atoms with E-state index in [0.717, 1.165) is 16.1 Å². The van der Waals surface area contributed by atoms with Crippen LogP contribution in [0, 0.1) is 0 Å². The van der Waals surface area contributed by atoms with Crippen molar-refractivity contribution in [2.24, 2.45) is 0 Å². The van der Waals surface area contributed by atoms with Gasteiger partial charge < -0.3 is 15.5 Å².